The summed E-state index contributed by atoms with van der Waals surface area (Å²) in [6, 6.07) is 5.68. The summed E-state index contributed by atoms with van der Waals surface area (Å²) in [7, 11) is 2.93. The van der Waals surface area contributed by atoms with Crippen molar-refractivity contribution in [3.63, 3.8) is 0 Å². The smallest absolute Gasteiger partial charge is 0.200 e. The molecule has 0 spiro atoms. The second kappa shape index (κ2) is 9.65. The van der Waals surface area contributed by atoms with Gasteiger partial charge in [0.15, 0.2) is 0 Å². The molecule has 0 radical (unpaired) electrons. The number of hydrogen-bond acceptors (Lipinski definition) is 7. The number of aliphatic hydroxyl groups is 1. The van der Waals surface area contributed by atoms with Gasteiger partial charge in [-0.1, -0.05) is 17.7 Å². The fourth-order valence-corrected chi connectivity index (χ4v) is 3.60. The SMILES string of the molecule is COc1cc2oc(-c3ccc(O)cc3O)c(CC=C(C)C)c(=O)c2c(OC)c1/C=C/C(C)(C)O. The molecule has 3 aromatic rings. The molecule has 0 amide bonds. The predicted octanol–water partition coefficient (Wildman–Crippen LogP) is 5.18. The van der Waals surface area contributed by atoms with Gasteiger partial charge in [-0.05, 0) is 52.3 Å². The summed E-state index contributed by atoms with van der Waals surface area (Å²) >= 11 is 0. The molecule has 1 aromatic heterocycles. The Balaban J connectivity index is 2.46. The number of phenolic OH excluding ortho intramolecular Hbond substituents is 2. The van der Waals surface area contributed by atoms with Gasteiger partial charge in [0.25, 0.3) is 0 Å². The number of allylic oxidation sites excluding steroid dienone is 2. The van der Waals surface area contributed by atoms with Gasteiger partial charge in [-0.3, -0.25) is 4.79 Å². The van der Waals surface area contributed by atoms with Gasteiger partial charge in [0.1, 0.15) is 39.7 Å². The van der Waals surface area contributed by atoms with E-state index in [0.29, 0.717) is 16.9 Å². The van der Waals surface area contributed by atoms with Crippen molar-refractivity contribution < 1.29 is 29.2 Å². The number of ether oxygens (including phenoxy) is 2. The maximum atomic E-state index is 13.8. The van der Waals surface area contributed by atoms with Crippen molar-refractivity contribution in [2.24, 2.45) is 0 Å². The molecule has 0 saturated carbocycles. The van der Waals surface area contributed by atoms with Gasteiger partial charge in [0.05, 0.1) is 30.9 Å². The van der Waals surface area contributed by atoms with E-state index in [-0.39, 0.29) is 51.4 Å². The Labute approximate surface area is 198 Å². The topological polar surface area (TPSA) is 109 Å². The Bertz CT molecular complexity index is 1330. The Morgan fingerprint density at radius 2 is 1.82 bits per heavy atom. The highest BCUT2D eigenvalue weighted by molar-refractivity contribution is 5.92. The zero-order chi connectivity index (χ0) is 25.2. The van der Waals surface area contributed by atoms with Crippen molar-refractivity contribution in [3.05, 3.63) is 63.3 Å². The highest BCUT2D eigenvalue weighted by atomic mass is 16.5. The van der Waals surface area contributed by atoms with Crippen LogP contribution in [0.15, 0.2) is 51.2 Å². The van der Waals surface area contributed by atoms with Crippen molar-refractivity contribution in [2.45, 2.75) is 39.7 Å². The van der Waals surface area contributed by atoms with Crippen LogP contribution in [0.25, 0.3) is 28.4 Å². The van der Waals surface area contributed by atoms with Gasteiger partial charge in [-0.15, -0.1) is 0 Å². The first-order valence-corrected chi connectivity index (χ1v) is 10.8. The molecule has 180 valence electrons. The van der Waals surface area contributed by atoms with Crippen molar-refractivity contribution >= 4 is 17.0 Å². The molecule has 0 aliphatic heterocycles. The van der Waals surface area contributed by atoms with Crippen LogP contribution in [0.4, 0.5) is 0 Å². The van der Waals surface area contributed by atoms with Crippen LogP contribution in [-0.4, -0.2) is 35.1 Å². The lowest BCUT2D eigenvalue weighted by molar-refractivity contribution is 0.134. The minimum atomic E-state index is -1.09. The maximum absolute atomic E-state index is 13.8. The lowest BCUT2D eigenvalue weighted by Gasteiger charge is -2.17. The third-order valence-corrected chi connectivity index (χ3v) is 5.26. The first-order valence-electron chi connectivity index (χ1n) is 10.8. The molecular formula is C27H30O7. The van der Waals surface area contributed by atoms with Crippen LogP contribution in [0.1, 0.15) is 38.8 Å². The average Bonchev–Trinajstić information content (AvgIpc) is 2.75. The fourth-order valence-electron chi connectivity index (χ4n) is 3.60. The van der Waals surface area contributed by atoms with E-state index < -0.39 is 5.60 Å². The van der Waals surface area contributed by atoms with Crippen LogP contribution in [0, 0.1) is 0 Å². The Hall–Kier alpha value is -3.71. The second-order valence-corrected chi connectivity index (χ2v) is 8.81. The van der Waals surface area contributed by atoms with Gasteiger partial charge in [0, 0.05) is 17.7 Å². The number of methoxy groups -OCH3 is 2. The molecule has 0 atom stereocenters. The Morgan fingerprint density at radius 1 is 1.12 bits per heavy atom. The second-order valence-electron chi connectivity index (χ2n) is 8.81. The largest absolute Gasteiger partial charge is 0.508 e. The summed E-state index contributed by atoms with van der Waals surface area (Å²) < 4.78 is 17.4. The predicted molar refractivity (Wildman–Crippen MR) is 133 cm³/mol. The summed E-state index contributed by atoms with van der Waals surface area (Å²) in [5.41, 5.74) is 0.899. The van der Waals surface area contributed by atoms with E-state index in [0.717, 1.165) is 5.57 Å². The van der Waals surface area contributed by atoms with E-state index in [4.69, 9.17) is 13.9 Å². The van der Waals surface area contributed by atoms with Crippen LogP contribution in [0.2, 0.25) is 0 Å². The van der Waals surface area contributed by atoms with E-state index in [9.17, 15) is 20.1 Å². The highest BCUT2D eigenvalue weighted by Crippen LogP contribution is 2.41. The minimum Gasteiger partial charge on any atom is -0.508 e. The first kappa shape index (κ1) is 24.9. The molecule has 0 saturated heterocycles. The third kappa shape index (κ3) is 5.10. The quantitative estimate of drug-likeness (QED) is 0.412. The normalized spacial score (nSPS) is 11.7. The highest BCUT2D eigenvalue weighted by Gasteiger charge is 2.24. The molecule has 7 nitrogen and oxygen atoms in total. The average molecular weight is 467 g/mol. The van der Waals surface area contributed by atoms with Crippen LogP contribution >= 0.6 is 0 Å². The van der Waals surface area contributed by atoms with Gasteiger partial charge < -0.3 is 29.2 Å². The van der Waals surface area contributed by atoms with E-state index >= 15 is 0 Å². The lowest BCUT2D eigenvalue weighted by Crippen LogP contribution is -2.14. The lowest BCUT2D eigenvalue weighted by atomic mass is 9.98. The summed E-state index contributed by atoms with van der Waals surface area (Å²) in [6.45, 7) is 7.11. The molecule has 34 heavy (non-hydrogen) atoms. The molecular weight excluding hydrogens is 436 g/mol. The molecule has 7 heteroatoms. The zero-order valence-electron chi connectivity index (χ0n) is 20.2. The summed E-state index contributed by atoms with van der Waals surface area (Å²) in [5, 5.41) is 30.6. The van der Waals surface area contributed by atoms with E-state index in [1.807, 2.05) is 19.9 Å². The molecule has 3 N–H and O–H groups in total. The molecule has 1 heterocycles. The van der Waals surface area contributed by atoms with Gasteiger partial charge >= 0.3 is 0 Å². The molecule has 0 unspecified atom stereocenters. The van der Waals surface area contributed by atoms with E-state index in [2.05, 4.69) is 0 Å². The molecule has 3 rings (SSSR count). The van der Waals surface area contributed by atoms with Crippen LogP contribution in [-0.2, 0) is 6.42 Å². The molecule has 0 bridgehead atoms. The summed E-state index contributed by atoms with van der Waals surface area (Å²) in [6.07, 6.45) is 5.38. The van der Waals surface area contributed by atoms with E-state index in [1.54, 1.807) is 32.1 Å². The molecule has 0 aliphatic carbocycles. The van der Waals surface area contributed by atoms with E-state index in [1.165, 1.54) is 32.4 Å². The summed E-state index contributed by atoms with van der Waals surface area (Å²) in [4.78, 5) is 13.8. The monoisotopic (exact) mass is 466 g/mol. The number of fused-ring (bicyclic) bond motifs is 1. The summed E-state index contributed by atoms with van der Waals surface area (Å²) in [5.74, 6) is 0.497. The van der Waals surface area contributed by atoms with Crippen molar-refractivity contribution in [2.75, 3.05) is 14.2 Å². The van der Waals surface area contributed by atoms with Gasteiger partial charge in [-0.2, -0.15) is 0 Å². The molecule has 0 aliphatic rings. The van der Waals surface area contributed by atoms with Crippen molar-refractivity contribution in [3.8, 4) is 34.3 Å². The third-order valence-electron chi connectivity index (χ3n) is 5.26. The standard InChI is InChI=1S/C27H30O7/c1-15(2)7-9-19-24(30)23-22(34-25(19)17-10-8-16(28)13-20(17)29)14-21(32-5)18(26(23)33-6)11-12-27(3,4)31/h7-8,10-14,28-29,31H,9H2,1-6H3/b12-11+. The van der Waals surface area contributed by atoms with Crippen LogP contribution in [0.5, 0.6) is 23.0 Å². The number of benzene rings is 2. The van der Waals surface area contributed by atoms with Crippen molar-refractivity contribution in [1.29, 1.82) is 0 Å². The number of rotatable bonds is 7. The number of aromatic hydroxyl groups is 2. The first-order chi connectivity index (χ1) is 16.0. The zero-order valence-corrected chi connectivity index (χ0v) is 20.2. The number of hydrogen-bond donors (Lipinski definition) is 3. The van der Waals surface area contributed by atoms with Crippen LogP contribution < -0.4 is 14.9 Å². The Kier molecular flexibility index (Phi) is 7.07. The maximum Gasteiger partial charge on any atom is 0.200 e. The molecule has 0 fully saturated rings. The van der Waals surface area contributed by atoms with Gasteiger partial charge in [0.2, 0.25) is 5.43 Å². The Morgan fingerprint density at radius 3 is 2.38 bits per heavy atom. The fraction of sp³-hybridized carbons (Fsp3) is 0.296. The minimum absolute atomic E-state index is 0.109. The van der Waals surface area contributed by atoms with Crippen molar-refractivity contribution in [1.82, 2.24) is 0 Å². The van der Waals surface area contributed by atoms with Crippen LogP contribution in [0.3, 0.4) is 0 Å². The molecule has 2 aromatic carbocycles. The number of phenols is 2. The van der Waals surface area contributed by atoms with Gasteiger partial charge in [-0.25, -0.2) is 0 Å².